The van der Waals surface area contributed by atoms with Crippen molar-refractivity contribution in [1.82, 2.24) is 15.0 Å². The van der Waals surface area contributed by atoms with Crippen LogP contribution in [0.1, 0.15) is 0 Å². The van der Waals surface area contributed by atoms with Crippen molar-refractivity contribution in [2.75, 3.05) is 42.3 Å². The molecule has 9 nitrogen and oxygen atoms in total. The van der Waals surface area contributed by atoms with Crippen LogP contribution in [0.3, 0.4) is 0 Å². The van der Waals surface area contributed by atoms with E-state index in [9.17, 15) is 0 Å². The summed E-state index contributed by atoms with van der Waals surface area (Å²) < 4.78 is 0. The molecule has 3 N–H and O–H groups in total. The summed E-state index contributed by atoms with van der Waals surface area (Å²) in [6, 6.07) is 13.4. The van der Waals surface area contributed by atoms with Gasteiger partial charge in [-0.05, 0) is 68.7 Å². The van der Waals surface area contributed by atoms with Gasteiger partial charge >= 0.3 is 0 Å². The van der Waals surface area contributed by atoms with Crippen molar-refractivity contribution in [1.29, 1.82) is 0 Å². The maximum Gasteiger partial charge on any atom is 0.134 e. The maximum absolute atomic E-state index is 4.51. The highest BCUT2D eigenvalue weighted by molar-refractivity contribution is 6.30. The Morgan fingerprint density at radius 1 is 0.282 bits per heavy atom. The van der Waals surface area contributed by atoms with E-state index in [1.165, 1.54) is 0 Å². The molecule has 7 rings (SSSR count). The zero-order valence-electron chi connectivity index (χ0n) is 22.6. The largest absolute Gasteiger partial charge is 0.325 e. The third-order valence-corrected chi connectivity index (χ3v) is 7.93. The molecule has 192 valence electrons. The molecule has 3 aromatic heterocycles. The summed E-state index contributed by atoms with van der Waals surface area (Å²) in [4.78, 5) is 37.2. The van der Waals surface area contributed by atoms with Crippen molar-refractivity contribution in [2.24, 2.45) is 30.0 Å². The van der Waals surface area contributed by atoms with Crippen LogP contribution in [0.4, 0.5) is 0 Å². The Hall–Kier alpha value is -4.92. The molecule has 0 spiro atoms. The Labute approximate surface area is 221 Å². The number of nitrogens with zero attached hydrogens (tertiary/aromatic N) is 6. The van der Waals surface area contributed by atoms with Crippen molar-refractivity contribution >= 4 is 64.6 Å². The van der Waals surface area contributed by atoms with Crippen molar-refractivity contribution < 1.29 is 0 Å². The van der Waals surface area contributed by atoms with Crippen molar-refractivity contribution in [3.63, 3.8) is 0 Å². The fourth-order valence-corrected chi connectivity index (χ4v) is 6.11. The minimum Gasteiger partial charge on any atom is -0.325 e. The molecule has 0 saturated heterocycles. The summed E-state index contributed by atoms with van der Waals surface area (Å²) in [7, 11) is 10.8. The molecule has 0 unspecified atom stereocenters. The van der Waals surface area contributed by atoms with Gasteiger partial charge in [0.2, 0.25) is 0 Å². The number of aromatic amines is 3. The molecule has 39 heavy (non-hydrogen) atoms. The van der Waals surface area contributed by atoms with Crippen LogP contribution in [0, 0.1) is 0 Å². The number of hydrogen-bond donors (Lipinski definition) is 3. The molecule has 0 aliphatic carbocycles. The van der Waals surface area contributed by atoms with E-state index in [1.807, 2.05) is 0 Å². The first-order valence-corrected chi connectivity index (χ1v) is 12.7. The average molecular weight is 514 g/mol. The molecule has 0 bridgehead atoms. The van der Waals surface area contributed by atoms with E-state index in [1.54, 1.807) is 42.3 Å². The lowest BCUT2D eigenvalue weighted by Crippen LogP contribution is -2.09. The second-order valence-corrected chi connectivity index (χ2v) is 9.64. The van der Waals surface area contributed by atoms with Gasteiger partial charge in [-0.15, -0.1) is 0 Å². The molecule has 0 atom stereocenters. The van der Waals surface area contributed by atoms with E-state index in [0.29, 0.717) is 0 Å². The normalized spacial score (nSPS) is 15.8. The molecule has 0 saturated carbocycles. The van der Waals surface area contributed by atoms with Crippen LogP contribution in [0.25, 0.3) is 64.6 Å². The molecule has 0 aliphatic rings. The second-order valence-electron chi connectivity index (χ2n) is 9.64. The fourth-order valence-electron chi connectivity index (χ4n) is 6.11. The molecular weight excluding hydrogens is 486 g/mol. The fraction of sp³-hybridized carbons (Fsp3) is 0.200. The Morgan fingerprint density at radius 2 is 0.436 bits per heavy atom. The van der Waals surface area contributed by atoms with Gasteiger partial charge in [0.05, 0.1) is 0 Å². The van der Waals surface area contributed by atoms with Gasteiger partial charge in [-0.3, -0.25) is 30.0 Å². The highest BCUT2D eigenvalue weighted by atomic mass is 14.9. The van der Waals surface area contributed by atoms with Crippen molar-refractivity contribution in [3.05, 3.63) is 69.3 Å². The highest BCUT2D eigenvalue weighted by Gasteiger charge is 2.17. The summed E-state index contributed by atoms with van der Waals surface area (Å²) in [5.74, 6) is 0. The van der Waals surface area contributed by atoms with Crippen LogP contribution in [-0.4, -0.2) is 57.2 Å². The van der Waals surface area contributed by atoms with E-state index in [2.05, 4.69) is 81.3 Å². The molecule has 0 fully saturated rings. The van der Waals surface area contributed by atoms with Gasteiger partial charge in [-0.2, -0.15) is 0 Å². The molecule has 4 aromatic carbocycles. The van der Waals surface area contributed by atoms with E-state index in [4.69, 9.17) is 0 Å². The highest BCUT2D eigenvalue weighted by Crippen LogP contribution is 2.38. The van der Waals surface area contributed by atoms with Crippen LogP contribution >= 0.6 is 0 Å². The predicted molar refractivity (Wildman–Crippen MR) is 157 cm³/mol. The van der Waals surface area contributed by atoms with E-state index < -0.39 is 0 Å². The van der Waals surface area contributed by atoms with Crippen LogP contribution < -0.4 is 32.9 Å². The molecule has 0 amide bonds. The topological polar surface area (TPSA) is 122 Å². The zero-order chi connectivity index (χ0) is 27.0. The van der Waals surface area contributed by atoms with Gasteiger partial charge < -0.3 is 15.0 Å². The number of benzene rings is 4. The minimum absolute atomic E-state index is 0.821. The number of fused-ring (bicyclic) bond motifs is 9. The van der Waals surface area contributed by atoms with E-state index >= 15 is 0 Å². The first-order chi connectivity index (χ1) is 19.0. The SMILES string of the molecule is C/N=c1\[nH]/c(=N\C)c2cc3c(cc12)c1cc2/c(=N/C)[nH]/c(=N\C)c2cc1c1cc2/c(=N/C)[nH]/c(=N\C)c2cc31. The third-order valence-electron chi connectivity index (χ3n) is 7.93. The first-order valence-electron chi connectivity index (χ1n) is 12.7. The van der Waals surface area contributed by atoms with Gasteiger partial charge in [-0.1, -0.05) is 0 Å². The summed E-state index contributed by atoms with van der Waals surface area (Å²) in [5, 5.41) is 13.1. The molecule has 7 aromatic rings. The third kappa shape index (κ3) is 3.01. The maximum atomic E-state index is 4.51. The average Bonchev–Trinajstić information content (AvgIpc) is 3.64. The Kier molecular flexibility index (Phi) is 4.94. The van der Waals surface area contributed by atoms with Crippen LogP contribution in [0.5, 0.6) is 0 Å². The van der Waals surface area contributed by atoms with Crippen molar-refractivity contribution in [2.45, 2.75) is 0 Å². The van der Waals surface area contributed by atoms with E-state index in [-0.39, 0.29) is 0 Å². The molecule has 0 aliphatic heterocycles. The van der Waals surface area contributed by atoms with E-state index in [0.717, 1.165) is 97.6 Å². The summed E-state index contributed by atoms with van der Waals surface area (Å²) in [6.07, 6.45) is 0. The monoisotopic (exact) mass is 513 g/mol. The summed E-state index contributed by atoms with van der Waals surface area (Å²) in [5.41, 5.74) is 4.93. The standard InChI is InChI=1S/C30H27N9/c1-31-25-19-7-13-14(8-20(19)26(32-2)37-25)16-10-22-24(30(36-6)39-28(22)34-4)12-18(16)17-11-23-21(9-15(13)17)27(33-3)38-29(23)35-5/h7-12H,1-6H3,(H,31,32,37)(H,33,35,38)(H,34,36,39). The van der Waals surface area contributed by atoms with Crippen molar-refractivity contribution in [3.8, 4) is 0 Å². The molecular formula is C30H27N9. The number of H-pyrrole nitrogens is 3. The molecule has 0 radical (unpaired) electrons. The second kappa shape index (κ2) is 8.29. The zero-order valence-corrected chi connectivity index (χ0v) is 22.6. The van der Waals surface area contributed by atoms with Gasteiger partial charge in [-0.25, -0.2) is 0 Å². The number of aromatic nitrogens is 3. The molecule has 9 heteroatoms. The Bertz CT molecular complexity index is 2070. The lowest BCUT2D eigenvalue weighted by molar-refractivity contribution is 1.09. The number of rotatable bonds is 0. The summed E-state index contributed by atoms with van der Waals surface area (Å²) >= 11 is 0. The van der Waals surface area contributed by atoms with Gasteiger partial charge in [0, 0.05) is 74.6 Å². The number of hydrogen-bond acceptors (Lipinski definition) is 6. The Morgan fingerprint density at radius 3 is 0.564 bits per heavy atom. The van der Waals surface area contributed by atoms with Gasteiger partial charge in [0.25, 0.3) is 0 Å². The predicted octanol–water partition coefficient (Wildman–Crippen LogP) is 2.09. The lowest BCUT2D eigenvalue weighted by atomic mass is 9.91. The van der Waals surface area contributed by atoms with Gasteiger partial charge in [0.1, 0.15) is 32.9 Å². The Balaban J connectivity index is 1.87. The molecule has 3 heterocycles. The first kappa shape index (κ1) is 23.2. The smallest absolute Gasteiger partial charge is 0.134 e. The summed E-state index contributed by atoms with van der Waals surface area (Å²) in [6.45, 7) is 0. The van der Waals surface area contributed by atoms with Crippen LogP contribution in [-0.2, 0) is 0 Å². The number of nitrogens with one attached hydrogen (secondary N) is 3. The lowest BCUT2D eigenvalue weighted by Gasteiger charge is -2.12. The van der Waals surface area contributed by atoms with Crippen LogP contribution in [0.15, 0.2) is 66.4 Å². The van der Waals surface area contributed by atoms with Crippen LogP contribution in [0.2, 0.25) is 0 Å². The van der Waals surface area contributed by atoms with Gasteiger partial charge in [0.15, 0.2) is 0 Å². The minimum atomic E-state index is 0.821. The quantitative estimate of drug-likeness (QED) is 0.257.